The van der Waals surface area contributed by atoms with Crippen molar-refractivity contribution in [3.05, 3.63) is 65.7 Å². The van der Waals surface area contributed by atoms with Gasteiger partial charge in [0, 0.05) is 11.6 Å². The lowest BCUT2D eigenvalue weighted by Gasteiger charge is -1.98. The Morgan fingerprint density at radius 1 is 1.24 bits per heavy atom. The van der Waals surface area contributed by atoms with E-state index in [1.807, 2.05) is 31.2 Å². The van der Waals surface area contributed by atoms with Crippen LogP contribution in [-0.2, 0) is 6.54 Å². The number of carbonyl (C=O) groups excluding carboxylic acids is 1. The quantitative estimate of drug-likeness (QED) is 0.798. The molecule has 0 bridgehead atoms. The molecule has 2 heterocycles. The number of carbonyl (C=O) groups is 1. The minimum absolute atomic E-state index is 0.248. The fourth-order valence-corrected chi connectivity index (χ4v) is 1.99. The van der Waals surface area contributed by atoms with Gasteiger partial charge in [-0.05, 0) is 25.1 Å². The average molecular weight is 282 g/mol. The van der Waals surface area contributed by atoms with Gasteiger partial charge in [0.1, 0.15) is 5.76 Å². The second-order valence-corrected chi connectivity index (χ2v) is 4.71. The molecule has 0 aliphatic carbocycles. The van der Waals surface area contributed by atoms with Gasteiger partial charge in [0.05, 0.1) is 12.8 Å². The van der Waals surface area contributed by atoms with Gasteiger partial charge >= 0.3 is 0 Å². The van der Waals surface area contributed by atoms with Crippen molar-refractivity contribution in [2.75, 3.05) is 0 Å². The highest BCUT2D eigenvalue weighted by atomic mass is 16.5. The smallest absolute Gasteiger partial charge is 0.273 e. The number of benzene rings is 1. The summed E-state index contributed by atoms with van der Waals surface area (Å²) in [5.41, 5.74) is 2.26. The van der Waals surface area contributed by atoms with E-state index in [4.69, 9.17) is 8.94 Å². The molecule has 0 atom stereocenters. The summed E-state index contributed by atoms with van der Waals surface area (Å²) >= 11 is 0. The van der Waals surface area contributed by atoms with Gasteiger partial charge in [-0.3, -0.25) is 4.79 Å². The number of aromatic nitrogens is 1. The number of furan rings is 1. The van der Waals surface area contributed by atoms with E-state index in [9.17, 15) is 4.79 Å². The van der Waals surface area contributed by atoms with Crippen LogP contribution in [0.25, 0.3) is 11.3 Å². The summed E-state index contributed by atoms with van der Waals surface area (Å²) in [5.74, 6) is 0.960. The first-order valence-corrected chi connectivity index (χ1v) is 6.57. The minimum Gasteiger partial charge on any atom is -0.467 e. The van der Waals surface area contributed by atoms with E-state index in [1.54, 1.807) is 24.5 Å². The lowest BCUT2D eigenvalue weighted by molar-refractivity contribution is 0.0939. The van der Waals surface area contributed by atoms with Crippen LogP contribution in [0, 0.1) is 6.92 Å². The van der Waals surface area contributed by atoms with Crippen LogP contribution in [0.1, 0.15) is 21.8 Å². The summed E-state index contributed by atoms with van der Waals surface area (Å²) in [6.07, 6.45) is 1.56. The van der Waals surface area contributed by atoms with E-state index >= 15 is 0 Å². The number of hydrogen-bond donors (Lipinski definition) is 1. The molecule has 3 rings (SSSR count). The van der Waals surface area contributed by atoms with Gasteiger partial charge in [0.2, 0.25) is 0 Å². The number of nitrogens with zero attached hydrogens (tertiary/aromatic N) is 1. The Balaban J connectivity index is 1.71. The molecule has 21 heavy (non-hydrogen) atoms. The van der Waals surface area contributed by atoms with Crippen LogP contribution in [0.3, 0.4) is 0 Å². The van der Waals surface area contributed by atoms with Crippen LogP contribution in [0.4, 0.5) is 0 Å². The van der Waals surface area contributed by atoms with Crippen molar-refractivity contribution in [2.24, 2.45) is 0 Å². The fourth-order valence-electron chi connectivity index (χ4n) is 1.99. The summed E-state index contributed by atoms with van der Waals surface area (Å²) in [7, 11) is 0. The van der Waals surface area contributed by atoms with E-state index in [0.717, 1.165) is 11.1 Å². The highest BCUT2D eigenvalue weighted by Gasteiger charge is 2.13. The number of rotatable bonds is 4. The Bertz CT molecular complexity index is 744. The molecule has 3 aromatic rings. The van der Waals surface area contributed by atoms with Crippen LogP contribution in [0.2, 0.25) is 0 Å². The zero-order valence-corrected chi connectivity index (χ0v) is 11.5. The van der Waals surface area contributed by atoms with Gasteiger partial charge < -0.3 is 14.3 Å². The third kappa shape index (κ3) is 3.02. The Morgan fingerprint density at radius 3 is 2.90 bits per heavy atom. The molecule has 0 saturated carbocycles. The maximum absolute atomic E-state index is 12.0. The monoisotopic (exact) mass is 282 g/mol. The third-order valence-corrected chi connectivity index (χ3v) is 3.05. The molecular weight excluding hydrogens is 268 g/mol. The first kappa shape index (κ1) is 13.2. The Hall–Kier alpha value is -2.82. The first-order chi connectivity index (χ1) is 10.2. The normalized spacial score (nSPS) is 10.5. The average Bonchev–Trinajstić information content (AvgIpc) is 3.16. The summed E-state index contributed by atoms with van der Waals surface area (Å²) < 4.78 is 10.4. The lowest BCUT2D eigenvalue weighted by atomic mass is 10.1. The molecular formula is C16H14N2O3. The van der Waals surface area contributed by atoms with Gasteiger partial charge in [0.15, 0.2) is 11.5 Å². The van der Waals surface area contributed by atoms with E-state index < -0.39 is 0 Å². The van der Waals surface area contributed by atoms with Crippen molar-refractivity contribution in [3.63, 3.8) is 0 Å². The van der Waals surface area contributed by atoms with Crippen molar-refractivity contribution in [1.82, 2.24) is 10.5 Å². The summed E-state index contributed by atoms with van der Waals surface area (Å²) in [4.78, 5) is 12.0. The maximum atomic E-state index is 12.0. The summed E-state index contributed by atoms with van der Waals surface area (Å²) in [6.45, 7) is 2.31. The molecule has 5 heteroatoms. The zero-order chi connectivity index (χ0) is 14.7. The number of hydrogen-bond acceptors (Lipinski definition) is 4. The van der Waals surface area contributed by atoms with Crippen LogP contribution in [0.15, 0.2) is 57.7 Å². The number of nitrogens with one attached hydrogen (secondary N) is 1. The molecule has 106 valence electrons. The van der Waals surface area contributed by atoms with Crippen LogP contribution < -0.4 is 5.32 Å². The molecule has 0 saturated heterocycles. The van der Waals surface area contributed by atoms with Gasteiger partial charge in [-0.15, -0.1) is 0 Å². The predicted molar refractivity (Wildman–Crippen MR) is 76.6 cm³/mol. The maximum Gasteiger partial charge on any atom is 0.273 e. The standard InChI is InChI=1S/C16H14N2O3/c1-11-4-2-5-12(8-11)15-9-14(18-21-15)16(19)17-10-13-6-3-7-20-13/h2-9H,10H2,1H3,(H,17,19). The molecule has 0 radical (unpaired) electrons. The zero-order valence-electron chi connectivity index (χ0n) is 11.5. The highest BCUT2D eigenvalue weighted by Crippen LogP contribution is 2.21. The van der Waals surface area contributed by atoms with Crippen molar-refractivity contribution < 1.29 is 13.7 Å². The van der Waals surface area contributed by atoms with Crippen LogP contribution in [0.5, 0.6) is 0 Å². The van der Waals surface area contributed by atoms with Crippen molar-refractivity contribution >= 4 is 5.91 Å². The molecule has 0 aliphatic rings. The van der Waals surface area contributed by atoms with Crippen molar-refractivity contribution in [2.45, 2.75) is 13.5 Å². The van der Waals surface area contributed by atoms with E-state index in [0.29, 0.717) is 18.1 Å². The summed E-state index contributed by atoms with van der Waals surface area (Å²) in [5, 5.41) is 6.53. The molecule has 2 aromatic heterocycles. The van der Waals surface area contributed by atoms with Gasteiger partial charge in [-0.1, -0.05) is 28.9 Å². The lowest BCUT2D eigenvalue weighted by Crippen LogP contribution is -2.22. The topological polar surface area (TPSA) is 68.3 Å². The van der Waals surface area contributed by atoms with Crippen LogP contribution >= 0.6 is 0 Å². The van der Waals surface area contributed by atoms with E-state index in [1.165, 1.54) is 0 Å². The Morgan fingerprint density at radius 2 is 2.14 bits per heavy atom. The van der Waals surface area contributed by atoms with Gasteiger partial charge in [-0.25, -0.2) is 0 Å². The first-order valence-electron chi connectivity index (χ1n) is 6.57. The number of amides is 1. The second-order valence-electron chi connectivity index (χ2n) is 4.71. The Kier molecular flexibility index (Phi) is 3.55. The minimum atomic E-state index is -0.297. The highest BCUT2D eigenvalue weighted by molar-refractivity contribution is 5.93. The molecule has 0 fully saturated rings. The molecule has 5 nitrogen and oxygen atoms in total. The summed E-state index contributed by atoms with van der Waals surface area (Å²) in [6, 6.07) is 13.0. The molecule has 1 amide bonds. The van der Waals surface area contributed by atoms with Crippen molar-refractivity contribution in [1.29, 1.82) is 0 Å². The molecule has 1 aromatic carbocycles. The van der Waals surface area contributed by atoms with Crippen LogP contribution in [-0.4, -0.2) is 11.1 Å². The Labute approximate surface area is 121 Å². The molecule has 0 spiro atoms. The second kappa shape index (κ2) is 5.66. The largest absolute Gasteiger partial charge is 0.467 e. The van der Waals surface area contributed by atoms with E-state index in [2.05, 4.69) is 10.5 Å². The molecule has 0 aliphatic heterocycles. The fraction of sp³-hybridized carbons (Fsp3) is 0.125. The predicted octanol–water partition coefficient (Wildman–Crippen LogP) is 3.17. The van der Waals surface area contributed by atoms with Gasteiger partial charge in [-0.2, -0.15) is 0 Å². The number of aryl methyl sites for hydroxylation is 1. The SMILES string of the molecule is Cc1cccc(-c2cc(C(=O)NCc3ccco3)no2)c1. The molecule has 1 N–H and O–H groups in total. The third-order valence-electron chi connectivity index (χ3n) is 3.05. The molecule has 0 unspecified atom stereocenters. The van der Waals surface area contributed by atoms with Crippen molar-refractivity contribution in [3.8, 4) is 11.3 Å². The van der Waals surface area contributed by atoms with Gasteiger partial charge in [0.25, 0.3) is 5.91 Å². The van der Waals surface area contributed by atoms with E-state index in [-0.39, 0.29) is 11.6 Å².